The molecule has 0 bridgehead atoms. The van der Waals surface area contributed by atoms with Gasteiger partial charge >= 0.3 is 0 Å². The molecule has 3 N–H and O–H groups in total. The number of rotatable bonds is 6. The molecule has 1 aliphatic rings. The van der Waals surface area contributed by atoms with Crippen molar-refractivity contribution in [3.63, 3.8) is 0 Å². The monoisotopic (exact) mass is 227 g/mol. The first kappa shape index (κ1) is 13.5. The van der Waals surface area contributed by atoms with E-state index in [0.717, 1.165) is 25.9 Å². The molecule has 0 aliphatic carbocycles. The number of likely N-dealkylation sites (tertiary alicyclic amines) is 1. The number of nitrogens with zero attached hydrogens (tertiary/aromatic N) is 1. The SMILES string of the molecule is CCCC(N)CC(=O)NCC1CCCN1C. The first-order valence-corrected chi connectivity index (χ1v) is 6.36. The predicted octanol–water partition coefficient (Wildman–Crippen LogP) is 0.714. The van der Waals surface area contributed by atoms with Crippen LogP contribution in [-0.2, 0) is 4.79 Å². The molecule has 2 atom stereocenters. The van der Waals surface area contributed by atoms with Gasteiger partial charge in [0.05, 0.1) is 0 Å². The molecule has 1 amide bonds. The number of carbonyl (C=O) groups is 1. The van der Waals surface area contributed by atoms with Crippen molar-refractivity contribution < 1.29 is 4.79 Å². The van der Waals surface area contributed by atoms with Gasteiger partial charge in [0, 0.05) is 25.0 Å². The van der Waals surface area contributed by atoms with Crippen LogP contribution in [0.1, 0.15) is 39.0 Å². The maximum Gasteiger partial charge on any atom is 0.221 e. The summed E-state index contributed by atoms with van der Waals surface area (Å²) in [4.78, 5) is 13.9. The molecule has 4 nitrogen and oxygen atoms in total. The van der Waals surface area contributed by atoms with Gasteiger partial charge in [-0.05, 0) is 32.9 Å². The summed E-state index contributed by atoms with van der Waals surface area (Å²) in [5.41, 5.74) is 5.82. The maximum absolute atomic E-state index is 11.6. The summed E-state index contributed by atoms with van der Waals surface area (Å²) in [5, 5.41) is 2.98. The smallest absolute Gasteiger partial charge is 0.221 e. The van der Waals surface area contributed by atoms with Crippen LogP contribution in [0.4, 0.5) is 0 Å². The molecule has 0 aromatic rings. The average molecular weight is 227 g/mol. The maximum atomic E-state index is 11.6. The van der Waals surface area contributed by atoms with E-state index in [9.17, 15) is 4.79 Å². The van der Waals surface area contributed by atoms with Crippen LogP contribution in [0, 0.1) is 0 Å². The lowest BCUT2D eigenvalue weighted by Gasteiger charge is -2.20. The second-order valence-corrected chi connectivity index (χ2v) is 4.83. The average Bonchev–Trinajstić information content (AvgIpc) is 2.61. The number of hydrogen-bond acceptors (Lipinski definition) is 3. The molecule has 1 aliphatic heterocycles. The van der Waals surface area contributed by atoms with Crippen molar-refractivity contribution in [3.8, 4) is 0 Å². The van der Waals surface area contributed by atoms with Gasteiger partial charge in [0.25, 0.3) is 0 Å². The Morgan fingerprint density at radius 1 is 1.62 bits per heavy atom. The fraction of sp³-hybridized carbons (Fsp3) is 0.917. The molecule has 4 heteroatoms. The molecular weight excluding hydrogens is 202 g/mol. The zero-order valence-corrected chi connectivity index (χ0v) is 10.5. The summed E-state index contributed by atoms with van der Waals surface area (Å²) in [5.74, 6) is 0.0984. The van der Waals surface area contributed by atoms with E-state index in [-0.39, 0.29) is 11.9 Å². The van der Waals surface area contributed by atoms with Crippen LogP contribution in [0.5, 0.6) is 0 Å². The Morgan fingerprint density at radius 2 is 2.38 bits per heavy atom. The van der Waals surface area contributed by atoms with Crippen molar-refractivity contribution in [1.29, 1.82) is 0 Å². The molecule has 0 aromatic carbocycles. The van der Waals surface area contributed by atoms with Crippen LogP contribution >= 0.6 is 0 Å². The zero-order chi connectivity index (χ0) is 12.0. The Kier molecular flexibility index (Phi) is 5.77. The molecule has 1 saturated heterocycles. The van der Waals surface area contributed by atoms with E-state index >= 15 is 0 Å². The van der Waals surface area contributed by atoms with Gasteiger partial charge in [-0.3, -0.25) is 4.79 Å². The van der Waals surface area contributed by atoms with Crippen LogP contribution in [0.2, 0.25) is 0 Å². The second kappa shape index (κ2) is 6.86. The fourth-order valence-corrected chi connectivity index (χ4v) is 2.25. The molecule has 0 spiro atoms. The van der Waals surface area contributed by atoms with E-state index in [0.29, 0.717) is 12.5 Å². The number of carbonyl (C=O) groups excluding carboxylic acids is 1. The Bertz CT molecular complexity index is 220. The molecule has 0 saturated carbocycles. The van der Waals surface area contributed by atoms with Crippen LogP contribution in [0.25, 0.3) is 0 Å². The lowest BCUT2D eigenvalue weighted by Crippen LogP contribution is -2.40. The fourth-order valence-electron chi connectivity index (χ4n) is 2.25. The lowest BCUT2D eigenvalue weighted by atomic mass is 10.1. The number of amides is 1. The highest BCUT2D eigenvalue weighted by Crippen LogP contribution is 2.13. The van der Waals surface area contributed by atoms with E-state index in [4.69, 9.17) is 5.73 Å². The highest BCUT2D eigenvalue weighted by Gasteiger charge is 2.21. The summed E-state index contributed by atoms with van der Waals surface area (Å²) in [7, 11) is 2.12. The van der Waals surface area contributed by atoms with E-state index in [2.05, 4.69) is 24.2 Å². The van der Waals surface area contributed by atoms with Gasteiger partial charge in [0.2, 0.25) is 5.91 Å². The van der Waals surface area contributed by atoms with E-state index in [1.807, 2.05) is 0 Å². The van der Waals surface area contributed by atoms with Gasteiger partial charge in [-0.1, -0.05) is 13.3 Å². The van der Waals surface area contributed by atoms with Crippen molar-refractivity contribution in [2.45, 2.75) is 51.1 Å². The Hall–Kier alpha value is -0.610. The quantitative estimate of drug-likeness (QED) is 0.703. The normalized spacial score (nSPS) is 23.3. The summed E-state index contributed by atoms with van der Waals surface area (Å²) in [6.45, 7) is 4.01. The van der Waals surface area contributed by atoms with E-state index < -0.39 is 0 Å². The third-order valence-electron chi connectivity index (χ3n) is 3.31. The first-order chi connectivity index (χ1) is 7.63. The summed E-state index contributed by atoms with van der Waals surface area (Å²) in [6.07, 6.45) is 4.87. The lowest BCUT2D eigenvalue weighted by molar-refractivity contribution is -0.121. The van der Waals surface area contributed by atoms with Crippen LogP contribution in [-0.4, -0.2) is 43.0 Å². The van der Waals surface area contributed by atoms with Gasteiger partial charge in [0.15, 0.2) is 0 Å². The predicted molar refractivity (Wildman–Crippen MR) is 66.2 cm³/mol. The Labute approximate surface area is 98.6 Å². The molecule has 0 aromatic heterocycles. The number of likely N-dealkylation sites (N-methyl/N-ethyl adjacent to an activating group) is 1. The largest absolute Gasteiger partial charge is 0.354 e. The summed E-state index contributed by atoms with van der Waals surface area (Å²) < 4.78 is 0. The Balaban J connectivity index is 2.14. The van der Waals surface area contributed by atoms with Gasteiger partial charge in [-0.2, -0.15) is 0 Å². The van der Waals surface area contributed by atoms with Gasteiger partial charge in [-0.25, -0.2) is 0 Å². The highest BCUT2D eigenvalue weighted by atomic mass is 16.1. The van der Waals surface area contributed by atoms with Gasteiger partial charge < -0.3 is 16.0 Å². The van der Waals surface area contributed by atoms with Crippen molar-refractivity contribution in [1.82, 2.24) is 10.2 Å². The van der Waals surface area contributed by atoms with Crippen molar-refractivity contribution >= 4 is 5.91 Å². The van der Waals surface area contributed by atoms with Crippen molar-refractivity contribution in [2.24, 2.45) is 5.73 Å². The van der Waals surface area contributed by atoms with Crippen molar-refractivity contribution in [2.75, 3.05) is 20.1 Å². The topological polar surface area (TPSA) is 58.4 Å². The highest BCUT2D eigenvalue weighted by molar-refractivity contribution is 5.76. The molecule has 1 rings (SSSR count). The van der Waals surface area contributed by atoms with Gasteiger partial charge in [0.1, 0.15) is 0 Å². The van der Waals surface area contributed by atoms with E-state index in [1.165, 1.54) is 12.8 Å². The van der Waals surface area contributed by atoms with Crippen LogP contribution in [0.3, 0.4) is 0 Å². The second-order valence-electron chi connectivity index (χ2n) is 4.83. The Morgan fingerprint density at radius 3 is 2.94 bits per heavy atom. The molecule has 1 fully saturated rings. The number of nitrogens with two attached hydrogens (primary N) is 1. The molecular formula is C12H25N3O. The van der Waals surface area contributed by atoms with Crippen LogP contribution in [0.15, 0.2) is 0 Å². The minimum atomic E-state index is 0.0197. The standard InChI is InChI=1S/C12H25N3O/c1-3-5-10(13)8-12(16)14-9-11-6-4-7-15(11)2/h10-11H,3-9,13H2,1-2H3,(H,14,16). The first-order valence-electron chi connectivity index (χ1n) is 6.36. The zero-order valence-electron chi connectivity index (χ0n) is 10.5. The molecule has 2 unspecified atom stereocenters. The summed E-state index contributed by atoms with van der Waals surface area (Å²) in [6, 6.07) is 0.539. The summed E-state index contributed by atoms with van der Waals surface area (Å²) >= 11 is 0. The number of nitrogens with one attached hydrogen (secondary N) is 1. The molecule has 94 valence electrons. The molecule has 1 heterocycles. The van der Waals surface area contributed by atoms with Crippen LogP contribution < -0.4 is 11.1 Å². The minimum absolute atomic E-state index is 0.0197. The number of hydrogen-bond donors (Lipinski definition) is 2. The molecule has 0 radical (unpaired) electrons. The van der Waals surface area contributed by atoms with Crippen molar-refractivity contribution in [3.05, 3.63) is 0 Å². The molecule has 16 heavy (non-hydrogen) atoms. The third kappa shape index (κ3) is 4.49. The third-order valence-corrected chi connectivity index (χ3v) is 3.31. The van der Waals surface area contributed by atoms with Gasteiger partial charge in [-0.15, -0.1) is 0 Å². The minimum Gasteiger partial charge on any atom is -0.354 e. The van der Waals surface area contributed by atoms with E-state index in [1.54, 1.807) is 0 Å².